The zero-order valence-electron chi connectivity index (χ0n) is 13.2. The van der Waals surface area contributed by atoms with Gasteiger partial charge in [0, 0.05) is 19.5 Å². The molecule has 1 amide bonds. The van der Waals surface area contributed by atoms with E-state index in [0.717, 1.165) is 43.7 Å². The fourth-order valence-corrected chi connectivity index (χ4v) is 3.10. The van der Waals surface area contributed by atoms with Gasteiger partial charge in [-0.1, -0.05) is 12.1 Å². The number of aliphatic hydroxyl groups excluding tert-OH is 1. The summed E-state index contributed by atoms with van der Waals surface area (Å²) in [6.07, 6.45) is 3.02. The number of amides is 1. The number of β-amino-alcohol motifs (C(OH)–C–C–N with tert-alkyl or cyclic N) is 1. The Bertz CT molecular complexity index is 493. The molecule has 1 aromatic carbocycles. The third kappa shape index (κ3) is 5.00. The van der Waals surface area contributed by atoms with E-state index in [1.54, 1.807) is 7.11 Å². The summed E-state index contributed by atoms with van der Waals surface area (Å²) in [6.45, 7) is 2.53. The molecular formula is C17H26N2O3. The van der Waals surface area contributed by atoms with E-state index < -0.39 is 6.10 Å². The molecule has 3 N–H and O–H groups in total. The number of hydrogen-bond donors (Lipinski definition) is 2. The molecule has 0 saturated carbocycles. The van der Waals surface area contributed by atoms with E-state index in [0.29, 0.717) is 18.9 Å². The van der Waals surface area contributed by atoms with Gasteiger partial charge in [0.05, 0.1) is 13.2 Å². The molecule has 0 spiro atoms. The number of likely N-dealkylation sites (tertiary alicyclic amines) is 1. The molecule has 2 atom stereocenters. The molecule has 1 fully saturated rings. The molecule has 1 aliphatic rings. The Morgan fingerprint density at radius 3 is 3.09 bits per heavy atom. The lowest BCUT2D eigenvalue weighted by atomic mass is 9.93. The second-order valence-electron chi connectivity index (χ2n) is 6.07. The topological polar surface area (TPSA) is 75.8 Å². The van der Waals surface area contributed by atoms with Crippen LogP contribution in [0.1, 0.15) is 37.4 Å². The van der Waals surface area contributed by atoms with E-state index in [4.69, 9.17) is 10.5 Å². The van der Waals surface area contributed by atoms with E-state index in [2.05, 4.69) is 4.90 Å². The lowest BCUT2D eigenvalue weighted by Gasteiger charge is -2.34. The van der Waals surface area contributed by atoms with Crippen molar-refractivity contribution in [1.82, 2.24) is 4.90 Å². The van der Waals surface area contributed by atoms with Crippen LogP contribution in [-0.2, 0) is 4.79 Å². The Balaban J connectivity index is 1.87. The first kappa shape index (κ1) is 16.8. The molecule has 22 heavy (non-hydrogen) atoms. The van der Waals surface area contributed by atoms with Gasteiger partial charge < -0.3 is 20.5 Å². The van der Waals surface area contributed by atoms with Crippen LogP contribution in [0.3, 0.4) is 0 Å². The van der Waals surface area contributed by atoms with Gasteiger partial charge in [-0.2, -0.15) is 0 Å². The zero-order chi connectivity index (χ0) is 15.9. The largest absolute Gasteiger partial charge is 0.497 e. The van der Waals surface area contributed by atoms with Gasteiger partial charge in [0.15, 0.2) is 0 Å². The number of rotatable bonds is 7. The fourth-order valence-electron chi connectivity index (χ4n) is 3.10. The van der Waals surface area contributed by atoms with Gasteiger partial charge in [0.25, 0.3) is 0 Å². The van der Waals surface area contributed by atoms with Crippen LogP contribution in [0, 0.1) is 5.92 Å². The fraction of sp³-hybridized carbons (Fsp3) is 0.588. The van der Waals surface area contributed by atoms with E-state index in [1.807, 2.05) is 24.3 Å². The first-order valence-corrected chi connectivity index (χ1v) is 7.91. The van der Waals surface area contributed by atoms with E-state index in [9.17, 15) is 9.90 Å². The van der Waals surface area contributed by atoms with Crippen LogP contribution in [0.2, 0.25) is 0 Å². The monoisotopic (exact) mass is 306 g/mol. The summed E-state index contributed by atoms with van der Waals surface area (Å²) in [5, 5.41) is 10.4. The number of methoxy groups -OCH3 is 1. The van der Waals surface area contributed by atoms with Gasteiger partial charge in [-0.05, 0) is 49.4 Å². The van der Waals surface area contributed by atoms with E-state index in [1.165, 1.54) is 0 Å². The van der Waals surface area contributed by atoms with E-state index in [-0.39, 0.29) is 5.91 Å². The summed E-state index contributed by atoms with van der Waals surface area (Å²) in [4.78, 5) is 13.2. The average molecular weight is 306 g/mol. The highest BCUT2D eigenvalue weighted by Crippen LogP contribution is 2.24. The number of benzene rings is 1. The predicted molar refractivity (Wildman–Crippen MR) is 85.5 cm³/mol. The average Bonchev–Trinajstić information content (AvgIpc) is 2.53. The number of piperidine rings is 1. The Labute approximate surface area is 132 Å². The van der Waals surface area contributed by atoms with Crippen LogP contribution in [0.25, 0.3) is 0 Å². The summed E-state index contributed by atoms with van der Waals surface area (Å²) in [5.74, 6) is 1.03. The molecule has 1 saturated heterocycles. The Morgan fingerprint density at radius 1 is 1.55 bits per heavy atom. The number of carbonyl (C=O) groups excluding carboxylic acids is 1. The summed E-state index contributed by atoms with van der Waals surface area (Å²) in [6, 6.07) is 7.56. The maximum absolute atomic E-state index is 10.9. The van der Waals surface area contributed by atoms with Gasteiger partial charge in [0.2, 0.25) is 5.91 Å². The van der Waals surface area contributed by atoms with Crippen LogP contribution in [0.4, 0.5) is 0 Å². The summed E-state index contributed by atoms with van der Waals surface area (Å²) >= 11 is 0. The standard InChI is InChI=1S/C17H26N2O3/c1-22-15-6-2-5-14(10-15)16(20)12-19-9-3-4-13(11-19)7-8-17(18)21/h2,5-6,10,13,16,20H,3-4,7-9,11-12H2,1H3,(H2,18,21). The van der Waals surface area contributed by atoms with Crippen LogP contribution in [-0.4, -0.2) is 42.7 Å². The third-order valence-corrected chi connectivity index (χ3v) is 4.31. The smallest absolute Gasteiger partial charge is 0.217 e. The highest BCUT2D eigenvalue weighted by atomic mass is 16.5. The minimum absolute atomic E-state index is 0.228. The van der Waals surface area contributed by atoms with Crippen molar-refractivity contribution in [2.45, 2.75) is 31.8 Å². The van der Waals surface area contributed by atoms with E-state index >= 15 is 0 Å². The Hall–Kier alpha value is -1.59. The maximum atomic E-state index is 10.9. The van der Waals surface area contributed by atoms with Crippen molar-refractivity contribution >= 4 is 5.91 Å². The molecule has 0 bridgehead atoms. The van der Waals surface area contributed by atoms with Crippen LogP contribution in [0.5, 0.6) is 5.75 Å². The Morgan fingerprint density at radius 2 is 2.36 bits per heavy atom. The van der Waals surface area contributed by atoms with Crippen molar-refractivity contribution in [1.29, 1.82) is 0 Å². The molecule has 0 aromatic heterocycles. The van der Waals surface area contributed by atoms with Crippen molar-refractivity contribution in [2.75, 3.05) is 26.7 Å². The minimum Gasteiger partial charge on any atom is -0.497 e. The molecule has 2 rings (SSSR count). The van der Waals surface area contributed by atoms with Crippen molar-refractivity contribution < 1.29 is 14.6 Å². The van der Waals surface area contributed by atoms with Gasteiger partial charge in [-0.3, -0.25) is 4.79 Å². The first-order chi connectivity index (χ1) is 10.6. The highest BCUT2D eigenvalue weighted by Gasteiger charge is 2.22. The van der Waals surface area contributed by atoms with Gasteiger partial charge in [-0.15, -0.1) is 0 Å². The maximum Gasteiger partial charge on any atom is 0.217 e. The van der Waals surface area contributed by atoms with Crippen LogP contribution < -0.4 is 10.5 Å². The number of ether oxygens (including phenoxy) is 1. The molecule has 5 nitrogen and oxygen atoms in total. The quantitative estimate of drug-likeness (QED) is 0.804. The number of nitrogens with zero attached hydrogens (tertiary/aromatic N) is 1. The van der Waals surface area contributed by atoms with Crippen LogP contribution >= 0.6 is 0 Å². The van der Waals surface area contributed by atoms with Gasteiger partial charge in [0.1, 0.15) is 5.75 Å². The third-order valence-electron chi connectivity index (χ3n) is 4.31. The minimum atomic E-state index is -0.523. The molecule has 122 valence electrons. The van der Waals surface area contributed by atoms with Crippen molar-refractivity contribution in [2.24, 2.45) is 11.7 Å². The molecule has 1 aliphatic heterocycles. The molecular weight excluding hydrogens is 280 g/mol. The normalized spacial score (nSPS) is 20.5. The predicted octanol–water partition coefficient (Wildman–Crippen LogP) is 1.71. The van der Waals surface area contributed by atoms with Gasteiger partial charge >= 0.3 is 0 Å². The number of aliphatic hydroxyl groups is 1. The molecule has 0 radical (unpaired) electrons. The zero-order valence-corrected chi connectivity index (χ0v) is 13.2. The lowest BCUT2D eigenvalue weighted by Crippen LogP contribution is -2.38. The summed E-state index contributed by atoms with van der Waals surface area (Å²) < 4.78 is 5.20. The van der Waals surface area contributed by atoms with Gasteiger partial charge in [-0.25, -0.2) is 0 Å². The second kappa shape index (κ2) is 8.15. The van der Waals surface area contributed by atoms with Crippen molar-refractivity contribution in [3.05, 3.63) is 29.8 Å². The van der Waals surface area contributed by atoms with Crippen molar-refractivity contribution in [3.8, 4) is 5.75 Å². The number of nitrogens with two attached hydrogens (primary N) is 1. The Kier molecular flexibility index (Phi) is 6.21. The molecule has 1 aromatic rings. The summed E-state index contributed by atoms with van der Waals surface area (Å²) in [5.41, 5.74) is 6.10. The summed E-state index contributed by atoms with van der Waals surface area (Å²) in [7, 11) is 1.62. The number of primary amides is 1. The molecule has 2 unspecified atom stereocenters. The first-order valence-electron chi connectivity index (χ1n) is 7.91. The molecule has 5 heteroatoms. The molecule has 1 heterocycles. The number of carbonyl (C=O) groups is 1. The second-order valence-corrected chi connectivity index (χ2v) is 6.07. The van der Waals surface area contributed by atoms with Crippen molar-refractivity contribution in [3.63, 3.8) is 0 Å². The lowest BCUT2D eigenvalue weighted by molar-refractivity contribution is -0.118. The SMILES string of the molecule is COc1cccc(C(O)CN2CCCC(CCC(N)=O)C2)c1. The molecule has 0 aliphatic carbocycles. The number of hydrogen-bond acceptors (Lipinski definition) is 4. The highest BCUT2D eigenvalue weighted by molar-refractivity contribution is 5.73. The van der Waals surface area contributed by atoms with Crippen LogP contribution in [0.15, 0.2) is 24.3 Å².